The standard InChI is InChI=1S/C11H17N3O/c1-11(2,3)8-6-5-7(13-4)9(14-8)10(12)15/h5-6,13H,1-4H3,(H2,12,15). The Bertz CT molecular complexity index is 380. The topological polar surface area (TPSA) is 68.0 Å². The van der Waals surface area contributed by atoms with Gasteiger partial charge in [-0.15, -0.1) is 0 Å². The lowest BCUT2D eigenvalue weighted by Crippen LogP contribution is -2.20. The largest absolute Gasteiger partial charge is 0.386 e. The summed E-state index contributed by atoms with van der Waals surface area (Å²) in [6.45, 7) is 6.12. The van der Waals surface area contributed by atoms with E-state index in [2.05, 4.69) is 10.3 Å². The van der Waals surface area contributed by atoms with E-state index < -0.39 is 5.91 Å². The van der Waals surface area contributed by atoms with Crippen molar-refractivity contribution >= 4 is 11.6 Å². The van der Waals surface area contributed by atoms with Gasteiger partial charge in [-0.1, -0.05) is 20.8 Å². The van der Waals surface area contributed by atoms with E-state index in [-0.39, 0.29) is 5.41 Å². The van der Waals surface area contributed by atoms with Crippen LogP contribution in [0.3, 0.4) is 0 Å². The highest BCUT2D eigenvalue weighted by Gasteiger charge is 2.18. The number of carbonyl (C=O) groups is 1. The van der Waals surface area contributed by atoms with E-state index in [4.69, 9.17) is 5.73 Å². The third-order valence-corrected chi connectivity index (χ3v) is 2.17. The minimum absolute atomic E-state index is 0.0868. The van der Waals surface area contributed by atoms with Crippen molar-refractivity contribution in [3.8, 4) is 0 Å². The van der Waals surface area contributed by atoms with Crippen LogP contribution in [0.25, 0.3) is 0 Å². The van der Waals surface area contributed by atoms with Gasteiger partial charge in [-0.05, 0) is 12.1 Å². The molecule has 1 amide bonds. The Balaban J connectivity index is 3.28. The molecule has 0 atom stereocenters. The Morgan fingerprint density at radius 2 is 2.00 bits per heavy atom. The monoisotopic (exact) mass is 207 g/mol. The molecule has 0 saturated heterocycles. The van der Waals surface area contributed by atoms with Crippen molar-refractivity contribution < 1.29 is 4.79 Å². The number of amides is 1. The molecule has 4 heteroatoms. The number of nitrogens with two attached hydrogens (primary N) is 1. The van der Waals surface area contributed by atoms with Gasteiger partial charge in [-0.2, -0.15) is 0 Å². The molecule has 3 N–H and O–H groups in total. The molecule has 1 aromatic heterocycles. The second kappa shape index (κ2) is 3.88. The Labute approximate surface area is 89.9 Å². The Hall–Kier alpha value is -1.58. The van der Waals surface area contributed by atoms with Crippen molar-refractivity contribution in [2.45, 2.75) is 26.2 Å². The first-order valence-corrected chi connectivity index (χ1v) is 4.85. The Morgan fingerprint density at radius 3 is 2.40 bits per heavy atom. The van der Waals surface area contributed by atoms with Crippen LogP contribution in [0.1, 0.15) is 37.0 Å². The zero-order chi connectivity index (χ0) is 11.6. The molecule has 0 aliphatic carbocycles. The van der Waals surface area contributed by atoms with E-state index in [9.17, 15) is 4.79 Å². The predicted octanol–water partition coefficient (Wildman–Crippen LogP) is 1.52. The molecule has 0 fully saturated rings. The minimum atomic E-state index is -0.509. The van der Waals surface area contributed by atoms with E-state index in [0.29, 0.717) is 11.4 Å². The summed E-state index contributed by atoms with van der Waals surface area (Å²) in [4.78, 5) is 15.5. The number of primary amides is 1. The van der Waals surface area contributed by atoms with Crippen LogP contribution in [0.5, 0.6) is 0 Å². The number of hydrogen-bond acceptors (Lipinski definition) is 3. The number of pyridine rings is 1. The van der Waals surface area contributed by atoms with Crippen molar-refractivity contribution in [2.24, 2.45) is 5.73 Å². The van der Waals surface area contributed by atoms with Crippen molar-refractivity contribution in [1.29, 1.82) is 0 Å². The van der Waals surface area contributed by atoms with E-state index in [1.807, 2.05) is 32.9 Å². The molecular formula is C11H17N3O. The number of carbonyl (C=O) groups excluding carboxylic acids is 1. The fourth-order valence-corrected chi connectivity index (χ4v) is 1.27. The van der Waals surface area contributed by atoms with E-state index >= 15 is 0 Å². The van der Waals surface area contributed by atoms with E-state index in [0.717, 1.165) is 5.69 Å². The maximum atomic E-state index is 11.2. The van der Waals surface area contributed by atoms with Crippen molar-refractivity contribution in [1.82, 2.24) is 4.98 Å². The number of hydrogen-bond donors (Lipinski definition) is 2. The first-order valence-electron chi connectivity index (χ1n) is 4.85. The summed E-state index contributed by atoms with van der Waals surface area (Å²) in [5.41, 5.74) is 6.99. The smallest absolute Gasteiger partial charge is 0.269 e. The second-order valence-electron chi connectivity index (χ2n) is 4.46. The lowest BCUT2D eigenvalue weighted by atomic mass is 9.91. The summed E-state index contributed by atoms with van der Waals surface area (Å²) in [6.07, 6.45) is 0. The fourth-order valence-electron chi connectivity index (χ4n) is 1.27. The van der Waals surface area contributed by atoms with Crippen LogP contribution in [0.2, 0.25) is 0 Å². The van der Waals surface area contributed by atoms with Gasteiger partial charge in [0.15, 0.2) is 5.69 Å². The molecule has 0 bridgehead atoms. The normalized spacial score (nSPS) is 11.2. The third-order valence-electron chi connectivity index (χ3n) is 2.17. The van der Waals surface area contributed by atoms with Crippen LogP contribution in [-0.4, -0.2) is 17.9 Å². The molecule has 82 valence electrons. The van der Waals surface area contributed by atoms with Gasteiger partial charge >= 0.3 is 0 Å². The van der Waals surface area contributed by atoms with Gasteiger partial charge in [0.2, 0.25) is 0 Å². The summed E-state index contributed by atoms with van der Waals surface area (Å²) < 4.78 is 0. The Morgan fingerprint density at radius 1 is 1.40 bits per heavy atom. The number of anilines is 1. The molecule has 0 aliphatic rings. The first kappa shape index (κ1) is 11.5. The first-order chi connectivity index (χ1) is 6.86. The molecule has 1 aromatic rings. The van der Waals surface area contributed by atoms with Crippen molar-refractivity contribution in [3.05, 3.63) is 23.5 Å². The van der Waals surface area contributed by atoms with Crippen LogP contribution in [-0.2, 0) is 5.41 Å². The maximum absolute atomic E-state index is 11.2. The molecule has 0 aliphatic heterocycles. The average Bonchev–Trinajstić information content (AvgIpc) is 2.15. The average molecular weight is 207 g/mol. The van der Waals surface area contributed by atoms with E-state index in [1.54, 1.807) is 7.05 Å². The summed E-state index contributed by atoms with van der Waals surface area (Å²) in [7, 11) is 1.74. The molecule has 0 radical (unpaired) electrons. The number of rotatable bonds is 2. The lowest BCUT2D eigenvalue weighted by Gasteiger charge is -2.19. The molecule has 0 saturated carbocycles. The SMILES string of the molecule is CNc1ccc(C(C)(C)C)nc1C(N)=O. The van der Waals surface area contributed by atoms with Crippen molar-refractivity contribution in [2.75, 3.05) is 12.4 Å². The Kier molecular flexibility index (Phi) is 2.98. The van der Waals surface area contributed by atoms with Gasteiger partial charge < -0.3 is 11.1 Å². The van der Waals surface area contributed by atoms with Crippen molar-refractivity contribution in [3.63, 3.8) is 0 Å². The van der Waals surface area contributed by atoms with Gasteiger partial charge in [0.1, 0.15) is 0 Å². The van der Waals surface area contributed by atoms with Crippen LogP contribution in [0.15, 0.2) is 12.1 Å². The summed E-state index contributed by atoms with van der Waals surface area (Å²) in [6, 6.07) is 3.73. The molecule has 0 spiro atoms. The third kappa shape index (κ3) is 2.46. The lowest BCUT2D eigenvalue weighted by molar-refractivity contribution is 0.0996. The fraction of sp³-hybridized carbons (Fsp3) is 0.455. The van der Waals surface area contributed by atoms with Crippen LogP contribution in [0.4, 0.5) is 5.69 Å². The van der Waals surface area contributed by atoms with Gasteiger partial charge in [0.05, 0.1) is 5.69 Å². The zero-order valence-corrected chi connectivity index (χ0v) is 9.59. The van der Waals surface area contributed by atoms with Crippen LogP contribution >= 0.6 is 0 Å². The number of nitrogens with one attached hydrogen (secondary N) is 1. The van der Waals surface area contributed by atoms with E-state index in [1.165, 1.54) is 0 Å². The van der Waals surface area contributed by atoms with Gasteiger partial charge in [0.25, 0.3) is 5.91 Å². The maximum Gasteiger partial charge on any atom is 0.269 e. The highest BCUT2D eigenvalue weighted by atomic mass is 16.1. The molecule has 4 nitrogen and oxygen atoms in total. The molecular weight excluding hydrogens is 190 g/mol. The van der Waals surface area contributed by atoms with Gasteiger partial charge in [0, 0.05) is 18.2 Å². The van der Waals surface area contributed by atoms with Crippen LogP contribution < -0.4 is 11.1 Å². The summed E-state index contributed by atoms with van der Waals surface area (Å²) in [5.74, 6) is -0.509. The minimum Gasteiger partial charge on any atom is -0.386 e. The van der Waals surface area contributed by atoms with Gasteiger partial charge in [-0.3, -0.25) is 4.79 Å². The number of nitrogens with zero attached hydrogens (tertiary/aromatic N) is 1. The molecule has 15 heavy (non-hydrogen) atoms. The van der Waals surface area contributed by atoms with Crippen LogP contribution in [0, 0.1) is 0 Å². The molecule has 0 unspecified atom stereocenters. The summed E-state index contributed by atoms with van der Waals surface area (Å²) >= 11 is 0. The molecule has 0 aromatic carbocycles. The highest BCUT2D eigenvalue weighted by Crippen LogP contribution is 2.23. The summed E-state index contributed by atoms with van der Waals surface area (Å²) in [5, 5.41) is 2.89. The highest BCUT2D eigenvalue weighted by molar-refractivity contribution is 5.96. The second-order valence-corrected chi connectivity index (χ2v) is 4.46. The quantitative estimate of drug-likeness (QED) is 0.772. The van der Waals surface area contributed by atoms with Gasteiger partial charge in [-0.25, -0.2) is 4.98 Å². The molecule has 1 heterocycles. The zero-order valence-electron chi connectivity index (χ0n) is 9.59. The molecule has 1 rings (SSSR count). The number of aromatic nitrogens is 1. The predicted molar refractivity (Wildman–Crippen MR) is 61.0 cm³/mol.